The van der Waals surface area contributed by atoms with Crippen molar-refractivity contribution >= 4 is 22.7 Å². The molecule has 28 heavy (non-hydrogen) atoms. The Kier molecular flexibility index (Phi) is 5.75. The van der Waals surface area contributed by atoms with E-state index in [1.165, 1.54) is 0 Å². The zero-order valence-corrected chi connectivity index (χ0v) is 15.7. The van der Waals surface area contributed by atoms with Crippen LogP contribution in [0.25, 0.3) is 10.9 Å². The zero-order chi connectivity index (χ0) is 20.1. The highest BCUT2D eigenvalue weighted by Crippen LogP contribution is 2.22. The molecule has 3 aromatic rings. The highest BCUT2D eigenvalue weighted by Gasteiger charge is 2.20. The molecular weight excluding hydrogens is 356 g/mol. The van der Waals surface area contributed by atoms with Crippen LogP contribution >= 0.6 is 0 Å². The Bertz CT molecular complexity index is 1040. The number of H-pyrrole nitrogens is 1. The largest absolute Gasteiger partial charge is 0.479 e. The van der Waals surface area contributed by atoms with Crippen LogP contribution in [-0.2, 0) is 16.0 Å². The van der Waals surface area contributed by atoms with Gasteiger partial charge in [0.15, 0.2) is 12.7 Å². The van der Waals surface area contributed by atoms with E-state index in [-0.39, 0.29) is 12.4 Å². The zero-order valence-electron chi connectivity index (χ0n) is 15.7. The number of hydrogen-bond acceptors (Lipinski definition) is 5. The van der Waals surface area contributed by atoms with E-state index in [0.717, 1.165) is 22.9 Å². The van der Waals surface area contributed by atoms with Gasteiger partial charge >= 0.3 is 5.97 Å². The van der Waals surface area contributed by atoms with E-state index in [4.69, 9.17) is 14.7 Å². The molecule has 0 aliphatic rings. The van der Waals surface area contributed by atoms with E-state index in [1.54, 1.807) is 37.4 Å². The van der Waals surface area contributed by atoms with E-state index < -0.39 is 12.1 Å². The molecule has 0 aliphatic heterocycles. The van der Waals surface area contributed by atoms with E-state index in [2.05, 4.69) is 4.98 Å². The Hall–Kier alpha value is -3.59. The summed E-state index contributed by atoms with van der Waals surface area (Å²) in [5.74, 6) is -0.469. The maximum absolute atomic E-state index is 12.5. The second-order valence-corrected chi connectivity index (χ2v) is 6.32. The molecule has 0 amide bonds. The van der Waals surface area contributed by atoms with Gasteiger partial charge in [-0.1, -0.05) is 25.1 Å². The molecule has 142 valence electrons. The normalized spacial score (nSPS) is 11.6. The van der Waals surface area contributed by atoms with Gasteiger partial charge in [0.05, 0.1) is 11.6 Å². The minimum Gasteiger partial charge on any atom is -0.479 e. The summed E-state index contributed by atoms with van der Waals surface area (Å²) in [6, 6.07) is 14.2. The number of fused-ring (bicyclic) bond motifs is 1. The first-order valence-corrected chi connectivity index (χ1v) is 8.99. The first-order valence-electron chi connectivity index (χ1n) is 8.99. The van der Waals surface area contributed by atoms with E-state index in [1.807, 2.05) is 31.2 Å². The number of carbonyl (C=O) groups excluding carboxylic acids is 2. The number of Topliss-reactive ketones (excluding diaryl/α,β-unsaturated/α-hetero) is 1. The number of carbonyl (C=O) groups is 2. The number of nitrogens with one attached hydrogen (secondary N) is 1. The number of nitrogens with zero attached hydrogens (tertiary/aromatic N) is 1. The number of para-hydroxylation sites is 1. The number of aromatic nitrogens is 1. The van der Waals surface area contributed by atoms with Crippen molar-refractivity contribution in [1.82, 2.24) is 4.98 Å². The smallest absolute Gasteiger partial charge is 0.347 e. The van der Waals surface area contributed by atoms with Crippen LogP contribution in [0.1, 0.15) is 35.3 Å². The lowest BCUT2D eigenvalue weighted by Crippen LogP contribution is -2.28. The molecule has 1 atom stereocenters. The highest BCUT2D eigenvalue weighted by atomic mass is 16.6. The van der Waals surface area contributed by atoms with Crippen LogP contribution in [0.2, 0.25) is 0 Å². The topological polar surface area (TPSA) is 92.2 Å². The van der Waals surface area contributed by atoms with Crippen molar-refractivity contribution < 1.29 is 19.1 Å². The van der Waals surface area contributed by atoms with Crippen molar-refractivity contribution in [2.24, 2.45) is 0 Å². The molecule has 0 spiro atoms. The summed E-state index contributed by atoms with van der Waals surface area (Å²) < 4.78 is 10.6. The molecule has 2 aromatic carbocycles. The summed E-state index contributed by atoms with van der Waals surface area (Å²) in [5, 5.41) is 9.62. The fraction of sp³-hybridized carbons (Fsp3) is 0.227. The summed E-state index contributed by atoms with van der Waals surface area (Å²) in [7, 11) is 0. The summed E-state index contributed by atoms with van der Waals surface area (Å²) in [4.78, 5) is 27.8. The second kappa shape index (κ2) is 8.40. The third kappa shape index (κ3) is 4.04. The molecule has 6 nitrogen and oxygen atoms in total. The van der Waals surface area contributed by atoms with Crippen LogP contribution in [0.4, 0.5) is 0 Å². The quantitative estimate of drug-likeness (QED) is 0.500. The number of nitriles is 1. The molecular formula is C22H20N2O4. The lowest BCUT2D eigenvalue weighted by Gasteiger charge is -2.13. The van der Waals surface area contributed by atoms with Gasteiger partial charge in [-0.3, -0.25) is 4.79 Å². The van der Waals surface area contributed by atoms with Gasteiger partial charge in [0.1, 0.15) is 5.75 Å². The molecule has 0 fully saturated rings. The van der Waals surface area contributed by atoms with Crippen LogP contribution < -0.4 is 4.74 Å². The maximum atomic E-state index is 12.5. The molecule has 0 bridgehead atoms. The number of hydrogen-bond donors (Lipinski definition) is 1. The lowest BCUT2D eigenvalue weighted by atomic mass is 10.1. The minimum absolute atomic E-state index is 0.279. The van der Waals surface area contributed by atoms with Crippen LogP contribution in [0.5, 0.6) is 5.75 Å². The van der Waals surface area contributed by atoms with Crippen molar-refractivity contribution in [2.45, 2.75) is 26.4 Å². The van der Waals surface area contributed by atoms with Gasteiger partial charge in [-0.25, -0.2) is 4.79 Å². The first kappa shape index (κ1) is 19.2. The summed E-state index contributed by atoms with van der Waals surface area (Å²) in [6.07, 6.45) is 1.62. The van der Waals surface area contributed by atoms with Crippen molar-refractivity contribution in [2.75, 3.05) is 6.61 Å². The summed E-state index contributed by atoms with van der Waals surface area (Å²) in [6.45, 7) is 3.24. The van der Waals surface area contributed by atoms with E-state index in [9.17, 15) is 9.59 Å². The fourth-order valence-corrected chi connectivity index (χ4v) is 2.93. The molecule has 6 heteroatoms. The molecule has 0 radical (unpaired) electrons. The maximum Gasteiger partial charge on any atom is 0.347 e. The molecule has 1 aromatic heterocycles. The number of ether oxygens (including phenoxy) is 2. The molecule has 3 rings (SSSR count). The first-order chi connectivity index (χ1) is 13.5. The minimum atomic E-state index is -0.879. The number of esters is 1. The predicted octanol–water partition coefficient (Wildman–Crippen LogP) is 3.80. The summed E-state index contributed by atoms with van der Waals surface area (Å²) in [5.41, 5.74) is 3.05. The fourth-order valence-electron chi connectivity index (χ4n) is 2.93. The van der Waals surface area contributed by atoms with Crippen molar-refractivity contribution in [1.29, 1.82) is 5.26 Å². The number of aryl methyl sites for hydroxylation is 1. The standard InChI is InChI=1S/C22H20N2O4/c1-3-16-5-4-6-18-19(12-24-21(16)18)20(25)13-27-22(26)14(2)28-17-9-7-15(11-23)8-10-17/h4-10,12,14,24H,3,13H2,1-2H3/t14-/m0/s1. The van der Waals surface area contributed by atoms with Gasteiger partial charge in [0, 0.05) is 22.7 Å². The van der Waals surface area contributed by atoms with E-state index >= 15 is 0 Å². The highest BCUT2D eigenvalue weighted by molar-refractivity contribution is 6.09. The van der Waals surface area contributed by atoms with Gasteiger partial charge in [-0.15, -0.1) is 0 Å². The Morgan fingerprint density at radius 1 is 1.18 bits per heavy atom. The van der Waals surface area contributed by atoms with Crippen LogP contribution in [0.15, 0.2) is 48.7 Å². The average molecular weight is 376 g/mol. The Balaban J connectivity index is 1.61. The third-order valence-corrected chi connectivity index (χ3v) is 4.46. The summed E-state index contributed by atoms with van der Waals surface area (Å²) >= 11 is 0. The van der Waals surface area contributed by atoms with Gasteiger partial charge < -0.3 is 14.5 Å². The monoisotopic (exact) mass is 376 g/mol. The number of aromatic amines is 1. The lowest BCUT2D eigenvalue weighted by molar-refractivity contribution is -0.149. The van der Waals surface area contributed by atoms with Crippen LogP contribution in [-0.4, -0.2) is 29.4 Å². The number of rotatable bonds is 7. The van der Waals surface area contributed by atoms with Crippen molar-refractivity contribution in [3.63, 3.8) is 0 Å². The molecule has 1 heterocycles. The Morgan fingerprint density at radius 2 is 1.93 bits per heavy atom. The Labute approximate surface area is 162 Å². The number of ketones is 1. The van der Waals surface area contributed by atoms with Crippen molar-refractivity contribution in [3.8, 4) is 11.8 Å². The number of benzene rings is 2. The predicted molar refractivity (Wildman–Crippen MR) is 104 cm³/mol. The molecule has 0 unspecified atom stereocenters. The van der Waals surface area contributed by atoms with Gasteiger partial charge in [-0.05, 0) is 43.2 Å². The molecule has 0 saturated carbocycles. The third-order valence-electron chi connectivity index (χ3n) is 4.46. The second-order valence-electron chi connectivity index (χ2n) is 6.32. The molecule has 0 aliphatic carbocycles. The Morgan fingerprint density at radius 3 is 2.61 bits per heavy atom. The van der Waals surface area contributed by atoms with Crippen LogP contribution in [0.3, 0.4) is 0 Å². The van der Waals surface area contributed by atoms with Crippen molar-refractivity contribution in [3.05, 3.63) is 65.4 Å². The van der Waals surface area contributed by atoms with E-state index in [0.29, 0.717) is 16.9 Å². The average Bonchev–Trinajstić information content (AvgIpc) is 3.16. The molecule has 1 N–H and O–H groups in total. The van der Waals surface area contributed by atoms with Gasteiger partial charge in [0.2, 0.25) is 5.78 Å². The van der Waals surface area contributed by atoms with Gasteiger partial charge in [0.25, 0.3) is 0 Å². The van der Waals surface area contributed by atoms with Gasteiger partial charge in [-0.2, -0.15) is 5.26 Å². The SMILES string of the molecule is CCc1cccc2c(C(=O)COC(=O)[C@H](C)Oc3ccc(C#N)cc3)c[nH]c12. The molecule has 0 saturated heterocycles. The van der Waals surface area contributed by atoms with Crippen LogP contribution in [0, 0.1) is 11.3 Å².